The van der Waals surface area contributed by atoms with Crippen LogP contribution >= 0.6 is 0 Å². The van der Waals surface area contributed by atoms with Crippen molar-refractivity contribution in [2.45, 2.75) is 18.7 Å². The first-order valence-corrected chi connectivity index (χ1v) is 8.15. The molecule has 2 aromatic rings. The Bertz CT molecular complexity index is 862. The van der Waals surface area contributed by atoms with Crippen LogP contribution in [0.5, 0.6) is 5.75 Å². The van der Waals surface area contributed by atoms with E-state index in [0.29, 0.717) is 22.6 Å². The first-order chi connectivity index (χ1) is 10.7. The van der Waals surface area contributed by atoms with Gasteiger partial charge in [-0.2, -0.15) is 0 Å². The van der Waals surface area contributed by atoms with Crippen LogP contribution in [-0.2, 0) is 10.0 Å². The molecule has 0 amide bonds. The van der Waals surface area contributed by atoms with Gasteiger partial charge in [-0.15, -0.1) is 0 Å². The van der Waals surface area contributed by atoms with E-state index in [1.807, 2.05) is 0 Å². The Morgan fingerprint density at radius 2 is 1.78 bits per heavy atom. The van der Waals surface area contributed by atoms with Crippen LogP contribution in [-0.4, -0.2) is 20.5 Å². The zero-order valence-electron chi connectivity index (χ0n) is 12.9. The molecular formula is C15H16N2O5S. The van der Waals surface area contributed by atoms with Gasteiger partial charge >= 0.3 is 0 Å². The Hall–Kier alpha value is -2.61. The molecule has 122 valence electrons. The molecule has 0 radical (unpaired) electrons. The number of sulfonamides is 1. The van der Waals surface area contributed by atoms with E-state index >= 15 is 0 Å². The Morgan fingerprint density at radius 1 is 1.09 bits per heavy atom. The maximum absolute atomic E-state index is 12.4. The minimum Gasteiger partial charge on any atom is -0.496 e. The van der Waals surface area contributed by atoms with Gasteiger partial charge in [0.05, 0.1) is 22.6 Å². The number of hydrogen-bond acceptors (Lipinski definition) is 5. The molecular weight excluding hydrogens is 320 g/mol. The average Bonchev–Trinajstić information content (AvgIpc) is 2.48. The van der Waals surface area contributed by atoms with Gasteiger partial charge in [0.2, 0.25) is 0 Å². The molecule has 0 atom stereocenters. The molecule has 0 spiro atoms. The second-order valence-corrected chi connectivity index (χ2v) is 6.68. The highest BCUT2D eigenvalue weighted by atomic mass is 32.2. The lowest BCUT2D eigenvalue weighted by molar-refractivity contribution is -0.384. The van der Waals surface area contributed by atoms with E-state index in [1.54, 1.807) is 19.9 Å². The molecule has 8 heteroatoms. The van der Waals surface area contributed by atoms with Crippen molar-refractivity contribution in [1.82, 2.24) is 0 Å². The predicted molar refractivity (Wildman–Crippen MR) is 86.4 cm³/mol. The van der Waals surface area contributed by atoms with E-state index in [9.17, 15) is 18.5 Å². The monoisotopic (exact) mass is 336 g/mol. The van der Waals surface area contributed by atoms with Crippen molar-refractivity contribution < 1.29 is 18.1 Å². The minimum absolute atomic E-state index is 0.0913. The van der Waals surface area contributed by atoms with Crippen molar-refractivity contribution in [3.05, 3.63) is 57.6 Å². The zero-order chi connectivity index (χ0) is 17.2. The molecule has 0 unspecified atom stereocenters. The highest BCUT2D eigenvalue weighted by Gasteiger charge is 2.18. The number of ether oxygens (including phenoxy) is 1. The van der Waals surface area contributed by atoms with Crippen molar-refractivity contribution in [2.24, 2.45) is 0 Å². The molecule has 1 N–H and O–H groups in total. The van der Waals surface area contributed by atoms with Crippen LogP contribution in [0.1, 0.15) is 11.1 Å². The molecule has 0 aliphatic rings. The summed E-state index contributed by atoms with van der Waals surface area (Å²) < 4.78 is 32.4. The Labute approximate surface area is 134 Å². The summed E-state index contributed by atoms with van der Waals surface area (Å²) in [5, 5.41) is 10.7. The highest BCUT2D eigenvalue weighted by Crippen LogP contribution is 2.26. The van der Waals surface area contributed by atoms with E-state index in [4.69, 9.17) is 4.74 Å². The standard InChI is InChI=1S/C15H16N2O5S/c1-10-8-12(17(18)19)4-6-14(10)16-23(20,21)13-5-7-15(22-3)11(2)9-13/h4-9,16H,1-3H3. The summed E-state index contributed by atoms with van der Waals surface area (Å²) in [6.07, 6.45) is 0. The molecule has 0 bridgehead atoms. The number of nitro benzene ring substituents is 1. The van der Waals surface area contributed by atoms with Crippen LogP contribution < -0.4 is 9.46 Å². The lowest BCUT2D eigenvalue weighted by Crippen LogP contribution is -2.14. The molecule has 0 aromatic heterocycles. The molecule has 0 heterocycles. The van der Waals surface area contributed by atoms with Gasteiger partial charge in [-0.1, -0.05) is 0 Å². The van der Waals surface area contributed by atoms with Gasteiger partial charge in [-0.25, -0.2) is 8.42 Å². The smallest absolute Gasteiger partial charge is 0.269 e. The van der Waals surface area contributed by atoms with Crippen LogP contribution in [0.2, 0.25) is 0 Å². The molecule has 0 aliphatic heterocycles. The lowest BCUT2D eigenvalue weighted by atomic mass is 10.2. The number of nitro groups is 1. The largest absolute Gasteiger partial charge is 0.496 e. The third-order valence-electron chi connectivity index (χ3n) is 3.34. The van der Waals surface area contributed by atoms with Crippen LogP contribution in [0.25, 0.3) is 0 Å². The molecule has 23 heavy (non-hydrogen) atoms. The van der Waals surface area contributed by atoms with E-state index in [1.165, 1.54) is 37.4 Å². The number of hydrogen-bond donors (Lipinski definition) is 1. The van der Waals surface area contributed by atoms with Crippen molar-refractivity contribution in [3.63, 3.8) is 0 Å². The maximum atomic E-state index is 12.4. The quantitative estimate of drug-likeness (QED) is 0.668. The fourth-order valence-corrected chi connectivity index (χ4v) is 3.31. The number of aryl methyl sites for hydroxylation is 2. The van der Waals surface area contributed by atoms with Gasteiger partial charge in [0, 0.05) is 12.1 Å². The van der Waals surface area contributed by atoms with Gasteiger partial charge in [-0.05, 0) is 49.2 Å². The number of nitrogens with one attached hydrogen (secondary N) is 1. The SMILES string of the molecule is COc1ccc(S(=O)(=O)Nc2ccc([N+](=O)[O-])cc2C)cc1C. The zero-order valence-corrected chi connectivity index (χ0v) is 13.7. The summed E-state index contributed by atoms with van der Waals surface area (Å²) in [6.45, 7) is 3.35. The molecule has 0 saturated carbocycles. The number of anilines is 1. The molecule has 0 aliphatic carbocycles. The number of methoxy groups -OCH3 is 1. The van der Waals surface area contributed by atoms with Crippen molar-refractivity contribution >= 4 is 21.4 Å². The van der Waals surface area contributed by atoms with Crippen LogP contribution in [0.4, 0.5) is 11.4 Å². The third kappa shape index (κ3) is 3.59. The van der Waals surface area contributed by atoms with E-state index in [0.717, 1.165) is 0 Å². The topological polar surface area (TPSA) is 98.5 Å². The first-order valence-electron chi connectivity index (χ1n) is 6.67. The van der Waals surface area contributed by atoms with Crippen LogP contribution in [0.15, 0.2) is 41.3 Å². The number of rotatable bonds is 5. The van der Waals surface area contributed by atoms with Gasteiger partial charge in [0.1, 0.15) is 5.75 Å². The first kappa shape index (κ1) is 16.8. The molecule has 0 saturated heterocycles. The normalized spacial score (nSPS) is 11.1. The Balaban J connectivity index is 2.35. The fraction of sp³-hybridized carbons (Fsp3) is 0.200. The van der Waals surface area contributed by atoms with E-state index in [2.05, 4.69) is 4.72 Å². The molecule has 2 aromatic carbocycles. The summed E-state index contributed by atoms with van der Waals surface area (Å²) >= 11 is 0. The van der Waals surface area contributed by atoms with Gasteiger partial charge < -0.3 is 4.74 Å². The van der Waals surface area contributed by atoms with Crippen LogP contribution in [0.3, 0.4) is 0 Å². The van der Waals surface area contributed by atoms with Gasteiger partial charge in [0.25, 0.3) is 15.7 Å². The molecule has 0 fully saturated rings. The maximum Gasteiger partial charge on any atom is 0.269 e. The fourth-order valence-electron chi connectivity index (χ4n) is 2.10. The Kier molecular flexibility index (Phi) is 4.55. The second-order valence-electron chi connectivity index (χ2n) is 4.99. The predicted octanol–water partition coefficient (Wildman–Crippen LogP) is 3.02. The number of non-ortho nitro benzene ring substituents is 1. The summed E-state index contributed by atoms with van der Waals surface area (Å²) in [6, 6.07) is 8.46. The average molecular weight is 336 g/mol. The van der Waals surface area contributed by atoms with E-state index in [-0.39, 0.29) is 10.6 Å². The third-order valence-corrected chi connectivity index (χ3v) is 4.70. The summed E-state index contributed by atoms with van der Waals surface area (Å²) in [4.78, 5) is 10.3. The van der Waals surface area contributed by atoms with Gasteiger partial charge in [-0.3, -0.25) is 14.8 Å². The number of nitrogens with zero attached hydrogens (tertiary/aromatic N) is 1. The van der Waals surface area contributed by atoms with Crippen LogP contribution in [0, 0.1) is 24.0 Å². The summed E-state index contributed by atoms with van der Waals surface area (Å²) in [5.74, 6) is 0.593. The van der Waals surface area contributed by atoms with Crippen molar-refractivity contribution in [2.75, 3.05) is 11.8 Å². The summed E-state index contributed by atoms with van der Waals surface area (Å²) in [7, 11) is -2.28. The highest BCUT2D eigenvalue weighted by molar-refractivity contribution is 7.92. The minimum atomic E-state index is -3.79. The van der Waals surface area contributed by atoms with Crippen molar-refractivity contribution in [1.29, 1.82) is 0 Å². The molecule has 7 nitrogen and oxygen atoms in total. The van der Waals surface area contributed by atoms with E-state index < -0.39 is 14.9 Å². The summed E-state index contributed by atoms with van der Waals surface area (Å²) in [5.41, 5.74) is 1.36. The number of benzene rings is 2. The van der Waals surface area contributed by atoms with Gasteiger partial charge in [0.15, 0.2) is 0 Å². The second kappa shape index (κ2) is 6.25. The van der Waals surface area contributed by atoms with Crippen molar-refractivity contribution in [3.8, 4) is 5.75 Å². The Morgan fingerprint density at radius 3 is 2.30 bits per heavy atom. The lowest BCUT2D eigenvalue weighted by Gasteiger charge is -2.12. The molecule has 2 rings (SSSR count).